The lowest BCUT2D eigenvalue weighted by atomic mass is 9.94. The van der Waals surface area contributed by atoms with Crippen molar-refractivity contribution < 1.29 is 0 Å². The predicted molar refractivity (Wildman–Crippen MR) is 46.9 cm³/mol. The Morgan fingerprint density at radius 3 is 2.92 bits per heavy atom. The Kier molecular flexibility index (Phi) is 1.14. The van der Waals surface area contributed by atoms with Crippen molar-refractivity contribution in [1.82, 2.24) is 10.3 Å². The van der Waals surface area contributed by atoms with Crippen LogP contribution in [0.25, 0.3) is 0 Å². The molecule has 12 heavy (non-hydrogen) atoms. The van der Waals surface area contributed by atoms with Crippen molar-refractivity contribution in [2.75, 3.05) is 13.1 Å². The van der Waals surface area contributed by atoms with Crippen LogP contribution in [0, 0.1) is 5.41 Å². The molecule has 1 aliphatic heterocycles. The maximum Gasteiger partial charge on any atom is 0.0302 e. The normalized spacial score (nSPS) is 29.8. The summed E-state index contributed by atoms with van der Waals surface area (Å²) in [6.07, 6.45) is 5.22. The topological polar surface area (TPSA) is 24.9 Å². The SMILES string of the molecule is c1cncc(C2CC23CNC3)c1. The van der Waals surface area contributed by atoms with Gasteiger partial charge in [-0.05, 0) is 24.0 Å². The number of nitrogens with one attached hydrogen (secondary N) is 1. The summed E-state index contributed by atoms with van der Waals surface area (Å²) in [4.78, 5) is 4.15. The molecule has 0 amide bonds. The molecule has 0 bridgehead atoms. The number of nitrogens with zero attached hydrogens (tertiary/aromatic N) is 1. The fourth-order valence-electron chi connectivity index (χ4n) is 2.24. The van der Waals surface area contributed by atoms with Crippen LogP contribution in [0.5, 0.6) is 0 Å². The van der Waals surface area contributed by atoms with Crippen molar-refractivity contribution in [3.05, 3.63) is 30.1 Å². The molecule has 2 nitrogen and oxygen atoms in total. The highest BCUT2D eigenvalue weighted by molar-refractivity contribution is 5.30. The van der Waals surface area contributed by atoms with Gasteiger partial charge in [-0.1, -0.05) is 6.07 Å². The van der Waals surface area contributed by atoms with Gasteiger partial charge >= 0.3 is 0 Å². The molecule has 1 spiro atoms. The fraction of sp³-hybridized carbons (Fsp3) is 0.500. The van der Waals surface area contributed by atoms with Crippen molar-refractivity contribution in [2.45, 2.75) is 12.3 Å². The van der Waals surface area contributed by atoms with Gasteiger partial charge in [0.2, 0.25) is 0 Å². The van der Waals surface area contributed by atoms with Crippen molar-refractivity contribution in [1.29, 1.82) is 0 Å². The van der Waals surface area contributed by atoms with Gasteiger partial charge in [0.05, 0.1) is 0 Å². The molecule has 2 fully saturated rings. The lowest BCUT2D eigenvalue weighted by molar-refractivity contribution is 0.312. The second-order valence-electron chi connectivity index (χ2n) is 4.01. The summed E-state index contributed by atoms with van der Waals surface area (Å²) in [6.45, 7) is 2.43. The Morgan fingerprint density at radius 2 is 2.42 bits per heavy atom. The van der Waals surface area contributed by atoms with E-state index in [9.17, 15) is 0 Å². The Balaban J connectivity index is 1.85. The van der Waals surface area contributed by atoms with E-state index in [1.54, 1.807) is 0 Å². The van der Waals surface area contributed by atoms with Gasteiger partial charge in [-0.2, -0.15) is 0 Å². The minimum absolute atomic E-state index is 0.642. The van der Waals surface area contributed by atoms with E-state index in [2.05, 4.69) is 16.4 Å². The molecule has 1 aromatic heterocycles. The monoisotopic (exact) mass is 160 g/mol. The number of aromatic nitrogens is 1. The Morgan fingerprint density at radius 1 is 1.50 bits per heavy atom. The van der Waals surface area contributed by atoms with Crippen LogP contribution in [0.3, 0.4) is 0 Å². The Bertz CT molecular complexity index is 290. The molecule has 1 atom stereocenters. The van der Waals surface area contributed by atoms with Crippen molar-refractivity contribution in [3.8, 4) is 0 Å². The standard InChI is InChI=1S/C10H12N2/c1-2-8(5-11-3-1)9-4-10(9)6-12-7-10/h1-3,5,9,12H,4,6-7H2. The molecule has 0 aromatic carbocycles. The average molecular weight is 160 g/mol. The molecular formula is C10H12N2. The van der Waals surface area contributed by atoms with Crippen molar-refractivity contribution in [3.63, 3.8) is 0 Å². The van der Waals surface area contributed by atoms with Gasteiger partial charge in [-0.3, -0.25) is 4.98 Å². The highest BCUT2D eigenvalue weighted by atomic mass is 15.0. The van der Waals surface area contributed by atoms with Gasteiger partial charge in [0, 0.05) is 30.9 Å². The summed E-state index contributed by atoms with van der Waals surface area (Å²) >= 11 is 0. The van der Waals surface area contributed by atoms with Crippen LogP contribution >= 0.6 is 0 Å². The first-order valence-electron chi connectivity index (χ1n) is 4.51. The van der Waals surface area contributed by atoms with Gasteiger partial charge in [-0.25, -0.2) is 0 Å². The van der Waals surface area contributed by atoms with Gasteiger partial charge in [0.1, 0.15) is 0 Å². The second kappa shape index (κ2) is 2.07. The van der Waals surface area contributed by atoms with Gasteiger partial charge in [0.15, 0.2) is 0 Å². The van der Waals surface area contributed by atoms with Crippen LogP contribution in [-0.2, 0) is 0 Å². The van der Waals surface area contributed by atoms with Crippen molar-refractivity contribution >= 4 is 0 Å². The van der Waals surface area contributed by atoms with Crippen LogP contribution in [0.15, 0.2) is 24.5 Å². The lowest BCUT2D eigenvalue weighted by Crippen LogP contribution is -2.44. The zero-order valence-electron chi connectivity index (χ0n) is 6.96. The predicted octanol–water partition coefficient (Wildman–Crippen LogP) is 1.16. The van der Waals surface area contributed by atoms with E-state index in [4.69, 9.17) is 0 Å². The number of pyridine rings is 1. The van der Waals surface area contributed by atoms with Crippen molar-refractivity contribution in [2.24, 2.45) is 5.41 Å². The van der Waals surface area contributed by atoms with Crippen LogP contribution in [0.2, 0.25) is 0 Å². The highest BCUT2D eigenvalue weighted by Gasteiger charge is 2.58. The minimum atomic E-state index is 0.642. The molecule has 1 aromatic rings. The summed E-state index contributed by atoms with van der Waals surface area (Å²) in [7, 11) is 0. The first kappa shape index (κ1) is 6.61. The Hall–Kier alpha value is -0.890. The summed E-state index contributed by atoms with van der Waals surface area (Å²) in [5.74, 6) is 0.799. The molecule has 0 radical (unpaired) electrons. The molecule has 1 aliphatic carbocycles. The van der Waals surface area contributed by atoms with E-state index >= 15 is 0 Å². The largest absolute Gasteiger partial charge is 0.315 e. The summed E-state index contributed by atoms with van der Waals surface area (Å²) < 4.78 is 0. The van der Waals surface area contributed by atoms with E-state index in [0.717, 1.165) is 5.92 Å². The first-order valence-corrected chi connectivity index (χ1v) is 4.51. The first-order chi connectivity index (χ1) is 5.91. The molecule has 1 saturated carbocycles. The number of hydrogen-bond acceptors (Lipinski definition) is 2. The number of hydrogen-bond donors (Lipinski definition) is 1. The van der Waals surface area contributed by atoms with E-state index < -0.39 is 0 Å². The molecule has 2 heterocycles. The minimum Gasteiger partial charge on any atom is -0.315 e. The van der Waals surface area contributed by atoms with E-state index in [0.29, 0.717) is 5.41 Å². The van der Waals surface area contributed by atoms with Gasteiger partial charge < -0.3 is 5.32 Å². The smallest absolute Gasteiger partial charge is 0.0302 e. The molecule has 62 valence electrons. The fourth-order valence-corrected chi connectivity index (χ4v) is 2.24. The van der Waals surface area contributed by atoms with Gasteiger partial charge in [0.25, 0.3) is 0 Å². The highest BCUT2D eigenvalue weighted by Crippen LogP contribution is 2.61. The molecule has 2 aliphatic rings. The zero-order chi connectivity index (χ0) is 8.02. The third-order valence-corrected chi connectivity index (χ3v) is 3.23. The van der Waals surface area contributed by atoms with Gasteiger partial charge in [-0.15, -0.1) is 0 Å². The quantitative estimate of drug-likeness (QED) is 0.666. The molecular weight excluding hydrogens is 148 g/mol. The van der Waals surface area contributed by atoms with Crippen LogP contribution < -0.4 is 5.32 Å². The summed E-state index contributed by atoms with van der Waals surface area (Å²) in [5, 5.41) is 3.34. The third kappa shape index (κ3) is 0.758. The second-order valence-corrected chi connectivity index (χ2v) is 4.01. The molecule has 2 heteroatoms. The summed E-state index contributed by atoms with van der Waals surface area (Å²) in [5.41, 5.74) is 2.07. The maximum absolute atomic E-state index is 4.15. The summed E-state index contributed by atoms with van der Waals surface area (Å²) in [6, 6.07) is 4.23. The molecule has 3 rings (SSSR count). The van der Waals surface area contributed by atoms with E-state index in [1.807, 2.05) is 18.5 Å². The maximum atomic E-state index is 4.15. The Labute approximate surface area is 72.0 Å². The van der Waals surface area contributed by atoms with Crippen LogP contribution in [-0.4, -0.2) is 18.1 Å². The van der Waals surface area contributed by atoms with Crippen LogP contribution in [0.1, 0.15) is 17.9 Å². The molecule has 1 saturated heterocycles. The number of rotatable bonds is 1. The third-order valence-electron chi connectivity index (χ3n) is 3.23. The average Bonchev–Trinajstić information content (AvgIpc) is 2.80. The molecule has 1 N–H and O–H groups in total. The van der Waals surface area contributed by atoms with E-state index in [1.165, 1.54) is 25.1 Å². The van der Waals surface area contributed by atoms with Crippen LogP contribution in [0.4, 0.5) is 0 Å². The lowest BCUT2D eigenvalue weighted by Gasteiger charge is -2.28. The zero-order valence-corrected chi connectivity index (χ0v) is 6.96. The van der Waals surface area contributed by atoms with E-state index in [-0.39, 0.29) is 0 Å². The molecule has 1 unspecified atom stereocenters.